The van der Waals surface area contributed by atoms with Crippen LogP contribution >= 0.6 is 0 Å². The van der Waals surface area contributed by atoms with Gasteiger partial charge in [0, 0.05) is 5.41 Å². The minimum atomic E-state index is -0.277. The van der Waals surface area contributed by atoms with E-state index in [0.29, 0.717) is 17.8 Å². The quantitative estimate of drug-likeness (QED) is 0.690. The van der Waals surface area contributed by atoms with E-state index >= 15 is 0 Å². The van der Waals surface area contributed by atoms with Crippen molar-refractivity contribution in [3.8, 4) is 0 Å². The predicted octanol–water partition coefficient (Wildman–Crippen LogP) is 2.75. The van der Waals surface area contributed by atoms with E-state index in [-0.39, 0.29) is 17.6 Å². The Balaban J connectivity index is 2.25. The van der Waals surface area contributed by atoms with Gasteiger partial charge in [0.1, 0.15) is 0 Å². The lowest BCUT2D eigenvalue weighted by Crippen LogP contribution is -2.52. The summed E-state index contributed by atoms with van der Waals surface area (Å²) < 4.78 is 0. The molecule has 2 aliphatic rings. The molecule has 0 heterocycles. The maximum Gasteiger partial charge on any atom is 0.0603 e. The minimum absolute atomic E-state index is 0.153. The molecular formula is C15H26O2. The monoisotopic (exact) mass is 238 g/mol. The van der Waals surface area contributed by atoms with E-state index in [1.165, 1.54) is 5.57 Å². The highest BCUT2D eigenvalue weighted by molar-refractivity contribution is 5.16. The SMILES string of the molecule is C=C1CCC(O)C2(C)CC(O)C(C(C)C)CC12. The van der Waals surface area contributed by atoms with Crippen LogP contribution in [0.1, 0.15) is 46.5 Å². The minimum Gasteiger partial charge on any atom is -0.393 e. The standard InChI is InChI=1S/C15H26O2/c1-9(2)11-7-12-10(3)5-6-14(17)15(12,4)8-13(11)16/h9,11-14,16-17H,3,5-8H2,1-2,4H3. The number of aliphatic hydroxyl groups excluding tert-OH is 2. The lowest BCUT2D eigenvalue weighted by Gasteiger charge is -2.53. The Morgan fingerprint density at radius 2 is 2.00 bits per heavy atom. The third-order valence-electron chi connectivity index (χ3n) is 5.30. The van der Waals surface area contributed by atoms with Gasteiger partial charge >= 0.3 is 0 Å². The van der Waals surface area contributed by atoms with E-state index in [2.05, 4.69) is 27.4 Å². The van der Waals surface area contributed by atoms with Crippen molar-refractivity contribution in [1.82, 2.24) is 0 Å². The Morgan fingerprint density at radius 1 is 1.35 bits per heavy atom. The third kappa shape index (κ3) is 2.06. The van der Waals surface area contributed by atoms with E-state index in [0.717, 1.165) is 25.7 Å². The highest BCUT2D eigenvalue weighted by Crippen LogP contribution is 2.54. The molecule has 0 aromatic carbocycles. The Hall–Kier alpha value is -0.340. The predicted molar refractivity (Wildman–Crippen MR) is 69.5 cm³/mol. The molecule has 2 N–H and O–H groups in total. The van der Waals surface area contributed by atoms with Gasteiger partial charge in [-0.15, -0.1) is 0 Å². The molecule has 5 unspecified atom stereocenters. The Kier molecular flexibility index (Phi) is 3.39. The van der Waals surface area contributed by atoms with Gasteiger partial charge in [0.2, 0.25) is 0 Å². The van der Waals surface area contributed by atoms with Crippen LogP contribution in [0.4, 0.5) is 0 Å². The van der Waals surface area contributed by atoms with Gasteiger partial charge in [-0.05, 0) is 43.4 Å². The molecule has 0 bridgehead atoms. The van der Waals surface area contributed by atoms with Crippen molar-refractivity contribution in [3.05, 3.63) is 12.2 Å². The van der Waals surface area contributed by atoms with Crippen LogP contribution < -0.4 is 0 Å². The van der Waals surface area contributed by atoms with Crippen LogP contribution in [0.25, 0.3) is 0 Å². The summed E-state index contributed by atoms with van der Waals surface area (Å²) in [5.74, 6) is 1.25. The average Bonchev–Trinajstić information content (AvgIpc) is 2.23. The van der Waals surface area contributed by atoms with Gasteiger partial charge in [-0.1, -0.05) is 32.9 Å². The summed E-state index contributed by atoms with van der Waals surface area (Å²) in [6.07, 6.45) is 2.93. The van der Waals surface area contributed by atoms with Crippen molar-refractivity contribution in [2.24, 2.45) is 23.2 Å². The second-order valence-electron chi connectivity index (χ2n) is 6.69. The van der Waals surface area contributed by atoms with Crippen molar-refractivity contribution in [1.29, 1.82) is 0 Å². The third-order valence-corrected chi connectivity index (χ3v) is 5.30. The van der Waals surface area contributed by atoms with Crippen LogP contribution in [0.3, 0.4) is 0 Å². The maximum absolute atomic E-state index is 10.3. The fourth-order valence-corrected chi connectivity index (χ4v) is 3.99. The van der Waals surface area contributed by atoms with Gasteiger partial charge in [0.05, 0.1) is 12.2 Å². The number of hydrogen-bond donors (Lipinski definition) is 2. The molecule has 0 aromatic rings. The van der Waals surface area contributed by atoms with E-state index in [1.54, 1.807) is 0 Å². The van der Waals surface area contributed by atoms with E-state index in [9.17, 15) is 10.2 Å². The lowest BCUT2D eigenvalue weighted by molar-refractivity contribution is -0.107. The van der Waals surface area contributed by atoms with Gasteiger partial charge in [-0.2, -0.15) is 0 Å². The van der Waals surface area contributed by atoms with Gasteiger partial charge in [-0.3, -0.25) is 0 Å². The molecular weight excluding hydrogens is 212 g/mol. The fourth-order valence-electron chi connectivity index (χ4n) is 3.99. The molecule has 0 amide bonds. The molecule has 2 heteroatoms. The normalized spacial score (nSPS) is 47.1. The van der Waals surface area contributed by atoms with Crippen LogP contribution in [0, 0.1) is 23.2 Å². The zero-order valence-corrected chi connectivity index (χ0v) is 11.3. The summed E-state index contributed by atoms with van der Waals surface area (Å²) in [5.41, 5.74) is 1.13. The molecule has 0 saturated heterocycles. The number of fused-ring (bicyclic) bond motifs is 1. The molecule has 0 spiro atoms. The average molecular weight is 238 g/mol. The first-order valence-electron chi connectivity index (χ1n) is 6.90. The van der Waals surface area contributed by atoms with E-state index < -0.39 is 0 Å². The lowest BCUT2D eigenvalue weighted by atomic mass is 9.54. The largest absolute Gasteiger partial charge is 0.393 e. The smallest absolute Gasteiger partial charge is 0.0603 e. The molecule has 0 aliphatic heterocycles. The van der Waals surface area contributed by atoms with Gasteiger partial charge in [0.15, 0.2) is 0 Å². The molecule has 0 radical (unpaired) electrons. The molecule has 17 heavy (non-hydrogen) atoms. The van der Waals surface area contributed by atoms with Crippen molar-refractivity contribution < 1.29 is 10.2 Å². The van der Waals surface area contributed by atoms with Crippen LogP contribution in [-0.2, 0) is 0 Å². The highest BCUT2D eigenvalue weighted by atomic mass is 16.3. The van der Waals surface area contributed by atoms with E-state index in [4.69, 9.17) is 0 Å². The second-order valence-corrected chi connectivity index (χ2v) is 6.69. The van der Waals surface area contributed by atoms with Gasteiger partial charge < -0.3 is 10.2 Å². The summed E-state index contributed by atoms with van der Waals surface area (Å²) in [6, 6.07) is 0. The summed E-state index contributed by atoms with van der Waals surface area (Å²) in [7, 11) is 0. The van der Waals surface area contributed by atoms with Crippen molar-refractivity contribution >= 4 is 0 Å². The Labute approximate surface area is 105 Å². The Bertz CT molecular complexity index is 310. The maximum atomic E-state index is 10.3. The molecule has 2 nitrogen and oxygen atoms in total. The first kappa shape index (κ1) is 13.1. The van der Waals surface area contributed by atoms with Crippen molar-refractivity contribution in [2.45, 2.75) is 58.7 Å². The first-order valence-corrected chi connectivity index (χ1v) is 6.90. The zero-order valence-electron chi connectivity index (χ0n) is 11.3. The molecule has 0 aromatic heterocycles. The van der Waals surface area contributed by atoms with Crippen molar-refractivity contribution in [2.75, 3.05) is 0 Å². The Morgan fingerprint density at radius 3 is 2.59 bits per heavy atom. The van der Waals surface area contributed by atoms with E-state index in [1.807, 2.05) is 0 Å². The number of aliphatic hydroxyl groups is 2. The summed E-state index contributed by atoms with van der Waals surface area (Å²) in [5, 5.41) is 20.6. The van der Waals surface area contributed by atoms with Crippen LogP contribution in [0.15, 0.2) is 12.2 Å². The molecule has 2 rings (SSSR count). The van der Waals surface area contributed by atoms with Crippen LogP contribution in [0.2, 0.25) is 0 Å². The molecule has 2 fully saturated rings. The molecule has 2 saturated carbocycles. The highest BCUT2D eigenvalue weighted by Gasteiger charge is 2.51. The molecule has 98 valence electrons. The molecule has 2 aliphatic carbocycles. The topological polar surface area (TPSA) is 40.5 Å². The fraction of sp³-hybridized carbons (Fsp3) is 0.867. The van der Waals surface area contributed by atoms with Crippen LogP contribution in [-0.4, -0.2) is 22.4 Å². The zero-order chi connectivity index (χ0) is 12.8. The molecule has 5 atom stereocenters. The first-order chi connectivity index (χ1) is 7.86. The number of allylic oxidation sites excluding steroid dienone is 1. The second kappa shape index (κ2) is 4.40. The summed E-state index contributed by atoms with van der Waals surface area (Å²) in [6.45, 7) is 10.7. The summed E-state index contributed by atoms with van der Waals surface area (Å²) >= 11 is 0. The summed E-state index contributed by atoms with van der Waals surface area (Å²) in [4.78, 5) is 0. The van der Waals surface area contributed by atoms with Gasteiger partial charge in [0.25, 0.3) is 0 Å². The van der Waals surface area contributed by atoms with Crippen molar-refractivity contribution in [3.63, 3.8) is 0 Å². The number of rotatable bonds is 1. The number of hydrogen-bond acceptors (Lipinski definition) is 2. The van der Waals surface area contributed by atoms with Crippen LogP contribution in [0.5, 0.6) is 0 Å². The van der Waals surface area contributed by atoms with Gasteiger partial charge in [-0.25, -0.2) is 0 Å².